The molecule has 1 aromatic carbocycles. The molecule has 1 atom stereocenters. The van der Waals surface area contributed by atoms with Crippen molar-refractivity contribution in [3.63, 3.8) is 0 Å². The molecule has 1 aromatic heterocycles. The molecule has 0 saturated carbocycles. The molecule has 0 radical (unpaired) electrons. The van der Waals surface area contributed by atoms with Gasteiger partial charge in [-0.2, -0.15) is 13.2 Å². The number of carbonyl (C=O) groups excluding carboxylic acids is 2. The first kappa shape index (κ1) is 22.5. The second-order valence-corrected chi connectivity index (χ2v) is 7.63. The zero-order valence-corrected chi connectivity index (χ0v) is 16.0. The zero-order valence-electron chi connectivity index (χ0n) is 15.1. The van der Waals surface area contributed by atoms with Crippen molar-refractivity contribution in [2.75, 3.05) is 6.61 Å². The molecule has 1 N–H and O–H groups in total. The standard InChI is InChI=1S/C18H17F3N2O5S/c1-2-28-11-15-8-5-13(9-22-15)17(25)23-29(26,27)16(10-24)12-3-6-14(7-4-12)18(19,20)21/h3-10,16H,2,11H2,1H3,(H,23,25). The molecule has 0 saturated heterocycles. The molecule has 0 aliphatic heterocycles. The SMILES string of the molecule is CCOCc1ccc(C(=O)NS(=O)(=O)C(C=O)c2ccc(C(F)(F)F)cc2)cn1. The van der Waals surface area contributed by atoms with Crippen molar-refractivity contribution in [3.05, 3.63) is 65.0 Å². The summed E-state index contributed by atoms with van der Waals surface area (Å²) in [6.45, 7) is 2.49. The van der Waals surface area contributed by atoms with Crippen molar-refractivity contribution in [1.82, 2.24) is 9.71 Å². The third-order valence-electron chi connectivity index (χ3n) is 3.80. The number of carbonyl (C=O) groups is 2. The van der Waals surface area contributed by atoms with Crippen LogP contribution in [0.15, 0.2) is 42.6 Å². The Kier molecular flexibility index (Phi) is 7.09. The Bertz CT molecular complexity index is 958. The third-order valence-corrected chi connectivity index (χ3v) is 5.32. The average Bonchev–Trinajstić information content (AvgIpc) is 2.66. The van der Waals surface area contributed by atoms with Gasteiger partial charge in [-0.25, -0.2) is 13.1 Å². The van der Waals surface area contributed by atoms with Gasteiger partial charge < -0.3 is 9.53 Å². The maximum atomic E-state index is 12.6. The van der Waals surface area contributed by atoms with Crippen molar-refractivity contribution in [2.45, 2.75) is 25.0 Å². The lowest BCUT2D eigenvalue weighted by molar-refractivity contribution is -0.137. The fourth-order valence-electron chi connectivity index (χ4n) is 2.30. The fourth-order valence-corrected chi connectivity index (χ4v) is 3.46. The summed E-state index contributed by atoms with van der Waals surface area (Å²) in [5, 5.41) is -1.86. The maximum absolute atomic E-state index is 12.6. The van der Waals surface area contributed by atoms with Crippen molar-refractivity contribution in [2.24, 2.45) is 0 Å². The van der Waals surface area contributed by atoms with Gasteiger partial charge in [-0.15, -0.1) is 0 Å². The van der Waals surface area contributed by atoms with E-state index in [4.69, 9.17) is 4.74 Å². The molecule has 1 unspecified atom stereocenters. The summed E-state index contributed by atoms with van der Waals surface area (Å²) in [5.41, 5.74) is -0.753. The van der Waals surface area contributed by atoms with Gasteiger partial charge in [0.1, 0.15) is 6.29 Å². The smallest absolute Gasteiger partial charge is 0.375 e. The number of pyridine rings is 1. The summed E-state index contributed by atoms with van der Waals surface area (Å²) >= 11 is 0. The van der Waals surface area contributed by atoms with E-state index < -0.39 is 32.9 Å². The number of hydrogen-bond donors (Lipinski definition) is 1. The third kappa shape index (κ3) is 5.84. The number of rotatable bonds is 8. The van der Waals surface area contributed by atoms with Gasteiger partial charge in [-0.1, -0.05) is 12.1 Å². The lowest BCUT2D eigenvalue weighted by Gasteiger charge is -2.14. The molecule has 11 heteroatoms. The Morgan fingerprint density at radius 2 is 1.86 bits per heavy atom. The second kappa shape index (κ2) is 9.14. The minimum atomic E-state index is -4.61. The van der Waals surface area contributed by atoms with Gasteiger partial charge >= 0.3 is 6.18 Å². The molecule has 2 aromatic rings. The second-order valence-electron chi connectivity index (χ2n) is 5.83. The monoisotopic (exact) mass is 430 g/mol. The molecule has 1 heterocycles. The Hall–Kier alpha value is -2.79. The quantitative estimate of drug-likeness (QED) is 0.646. The minimum Gasteiger partial charge on any atom is -0.375 e. The first-order valence-electron chi connectivity index (χ1n) is 8.29. The van der Waals surface area contributed by atoms with Crippen LogP contribution in [0.5, 0.6) is 0 Å². The highest BCUT2D eigenvalue weighted by Gasteiger charge is 2.32. The minimum absolute atomic E-state index is 0.0294. The number of aromatic nitrogens is 1. The van der Waals surface area contributed by atoms with Crippen LogP contribution in [0.1, 0.15) is 39.4 Å². The van der Waals surface area contributed by atoms with Gasteiger partial charge in [-0.3, -0.25) is 9.78 Å². The molecule has 29 heavy (non-hydrogen) atoms. The molecule has 0 spiro atoms. The number of ether oxygens (including phenoxy) is 1. The molecule has 1 amide bonds. The molecular formula is C18H17F3N2O5S. The van der Waals surface area contributed by atoms with E-state index in [0.29, 0.717) is 24.4 Å². The van der Waals surface area contributed by atoms with Crippen LogP contribution in [0.25, 0.3) is 0 Å². The van der Waals surface area contributed by atoms with Crippen LogP contribution in [0.2, 0.25) is 0 Å². The Labute approximate surface area is 165 Å². The van der Waals surface area contributed by atoms with Crippen LogP contribution in [-0.2, 0) is 32.3 Å². The summed E-state index contributed by atoms with van der Waals surface area (Å²) in [5.74, 6) is -1.03. The summed E-state index contributed by atoms with van der Waals surface area (Å²) in [6.07, 6.45) is -3.43. The number of sulfonamides is 1. The topological polar surface area (TPSA) is 102 Å². The van der Waals surface area contributed by atoms with Gasteiger partial charge in [0.15, 0.2) is 5.25 Å². The number of hydrogen-bond acceptors (Lipinski definition) is 6. The number of nitrogens with one attached hydrogen (secondary N) is 1. The van der Waals surface area contributed by atoms with Gasteiger partial charge in [0, 0.05) is 12.8 Å². The van der Waals surface area contributed by atoms with E-state index in [2.05, 4.69) is 4.98 Å². The van der Waals surface area contributed by atoms with Crippen molar-refractivity contribution >= 4 is 22.2 Å². The lowest BCUT2D eigenvalue weighted by Crippen LogP contribution is -2.35. The number of aldehydes is 1. The van der Waals surface area contributed by atoms with Gasteiger partial charge in [-0.05, 0) is 36.8 Å². The number of benzene rings is 1. The largest absolute Gasteiger partial charge is 0.416 e. The van der Waals surface area contributed by atoms with E-state index in [9.17, 15) is 31.2 Å². The van der Waals surface area contributed by atoms with Crippen molar-refractivity contribution in [1.29, 1.82) is 0 Å². The Morgan fingerprint density at radius 1 is 1.21 bits per heavy atom. The Balaban J connectivity index is 2.17. The summed E-state index contributed by atoms with van der Waals surface area (Å²) in [7, 11) is -4.55. The van der Waals surface area contributed by atoms with Crippen LogP contribution in [-0.4, -0.2) is 32.2 Å². The summed E-state index contributed by atoms with van der Waals surface area (Å²) in [4.78, 5) is 27.5. The predicted molar refractivity (Wildman–Crippen MR) is 96.2 cm³/mol. The van der Waals surface area contributed by atoms with Crippen molar-refractivity contribution in [3.8, 4) is 0 Å². The summed E-state index contributed by atoms with van der Waals surface area (Å²) < 4.78 is 69.6. The van der Waals surface area contributed by atoms with Gasteiger partial charge in [0.05, 0.1) is 23.4 Å². The van der Waals surface area contributed by atoms with E-state index >= 15 is 0 Å². The van der Waals surface area contributed by atoms with Gasteiger partial charge in [0.25, 0.3) is 5.91 Å². The molecule has 0 bridgehead atoms. The highest BCUT2D eigenvalue weighted by atomic mass is 32.2. The molecular weight excluding hydrogens is 413 g/mol. The van der Waals surface area contributed by atoms with E-state index in [0.717, 1.165) is 18.3 Å². The molecule has 0 aliphatic carbocycles. The fraction of sp³-hybridized carbons (Fsp3) is 0.278. The van der Waals surface area contributed by atoms with Crippen LogP contribution in [0.3, 0.4) is 0 Å². The first-order valence-corrected chi connectivity index (χ1v) is 9.84. The van der Waals surface area contributed by atoms with Crippen LogP contribution in [0, 0.1) is 0 Å². The number of alkyl halides is 3. The summed E-state index contributed by atoms with van der Waals surface area (Å²) in [6, 6.07) is 5.87. The normalized spacial score (nSPS) is 13.0. The molecule has 2 rings (SSSR count). The highest BCUT2D eigenvalue weighted by molar-refractivity contribution is 7.91. The number of nitrogens with zero attached hydrogens (tertiary/aromatic N) is 1. The predicted octanol–water partition coefficient (Wildman–Crippen LogP) is 2.64. The van der Waals surface area contributed by atoms with Crippen LogP contribution < -0.4 is 4.72 Å². The van der Waals surface area contributed by atoms with Crippen molar-refractivity contribution < 1.29 is 35.9 Å². The molecule has 7 nitrogen and oxygen atoms in total. The zero-order chi connectivity index (χ0) is 21.7. The maximum Gasteiger partial charge on any atom is 0.416 e. The Morgan fingerprint density at radius 3 is 2.34 bits per heavy atom. The van der Waals surface area contributed by atoms with Crippen LogP contribution >= 0.6 is 0 Å². The molecule has 0 fully saturated rings. The number of amides is 1. The van der Waals surface area contributed by atoms with E-state index in [1.165, 1.54) is 12.1 Å². The first-order chi connectivity index (χ1) is 13.6. The highest BCUT2D eigenvalue weighted by Crippen LogP contribution is 2.30. The number of halogens is 3. The van der Waals surface area contributed by atoms with E-state index in [1.54, 1.807) is 11.6 Å². The lowest BCUT2D eigenvalue weighted by atomic mass is 10.1. The van der Waals surface area contributed by atoms with E-state index in [1.807, 2.05) is 0 Å². The average molecular weight is 430 g/mol. The molecule has 156 valence electrons. The van der Waals surface area contributed by atoms with Gasteiger partial charge in [0.2, 0.25) is 10.0 Å². The van der Waals surface area contributed by atoms with E-state index in [-0.39, 0.29) is 24.0 Å². The molecule has 0 aliphatic rings. The van der Waals surface area contributed by atoms with Crippen LogP contribution in [0.4, 0.5) is 13.2 Å².